The zero-order chi connectivity index (χ0) is 15.5. The highest BCUT2D eigenvalue weighted by atomic mass is 16.5. The molecule has 0 aliphatic carbocycles. The maximum atomic E-state index is 11.6. The van der Waals surface area contributed by atoms with E-state index in [1.807, 2.05) is 0 Å². The minimum absolute atomic E-state index is 0.0270. The number of rotatable bonds is 5. The van der Waals surface area contributed by atoms with E-state index >= 15 is 0 Å². The number of nitrogens with zero attached hydrogens (tertiary/aromatic N) is 4. The Bertz CT molecular complexity index is 541. The van der Waals surface area contributed by atoms with Crippen LogP contribution in [0, 0.1) is 12.8 Å². The lowest BCUT2D eigenvalue weighted by Gasteiger charge is -2.33. The maximum absolute atomic E-state index is 11.6. The normalized spacial score (nSPS) is 23.5. The van der Waals surface area contributed by atoms with Crippen LogP contribution in [0.1, 0.15) is 37.4 Å². The number of amides is 2. The van der Waals surface area contributed by atoms with E-state index in [0.717, 1.165) is 44.7 Å². The smallest absolute Gasteiger partial charge is 0.229 e. The molecule has 3 rings (SSSR count). The summed E-state index contributed by atoms with van der Waals surface area (Å²) in [5.74, 6) is 1.83. The molecular formula is C15H22N4O3. The third kappa shape index (κ3) is 3.52. The Labute approximate surface area is 129 Å². The quantitative estimate of drug-likeness (QED) is 0.748. The summed E-state index contributed by atoms with van der Waals surface area (Å²) in [6.45, 7) is 5.07. The molecule has 0 N–H and O–H groups in total. The molecule has 1 aromatic heterocycles. The van der Waals surface area contributed by atoms with Gasteiger partial charge in [-0.25, -0.2) is 0 Å². The average Bonchev–Trinajstić information content (AvgIpc) is 3.04. The Morgan fingerprint density at radius 3 is 2.68 bits per heavy atom. The predicted molar refractivity (Wildman–Crippen MR) is 77.9 cm³/mol. The Kier molecular flexibility index (Phi) is 4.52. The van der Waals surface area contributed by atoms with Crippen LogP contribution in [0.4, 0.5) is 0 Å². The van der Waals surface area contributed by atoms with Crippen LogP contribution in [0.3, 0.4) is 0 Å². The summed E-state index contributed by atoms with van der Waals surface area (Å²) in [7, 11) is 0. The minimum atomic E-state index is -0.0270. The summed E-state index contributed by atoms with van der Waals surface area (Å²) < 4.78 is 5.02. The van der Waals surface area contributed by atoms with E-state index in [4.69, 9.17) is 4.52 Å². The average molecular weight is 306 g/mol. The Morgan fingerprint density at radius 1 is 1.23 bits per heavy atom. The molecule has 0 bridgehead atoms. The summed E-state index contributed by atoms with van der Waals surface area (Å²) in [4.78, 5) is 31.3. The molecule has 2 amide bonds. The van der Waals surface area contributed by atoms with Crippen LogP contribution in [-0.2, 0) is 16.0 Å². The van der Waals surface area contributed by atoms with Gasteiger partial charge in [0.1, 0.15) is 0 Å². The van der Waals surface area contributed by atoms with E-state index < -0.39 is 0 Å². The van der Waals surface area contributed by atoms with E-state index in [1.54, 1.807) is 6.92 Å². The number of imide groups is 1. The van der Waals surface area contributed by atoms with Crippen molar-refractivity contribution in [3.63, 3.8) is 0 Å². The minimum Gasteiger partial charge on any atom is -0.340 e. The van der Waals surface area contributed by atoms with Crippen LogP contribution in [0.25, 0.3) is 0 Å². The van der Waals surface area contributed by atoms with E-state index in [0.29, 0.717) is 31.2 Å². The van der Waals surface area contributed by atoms with Crippen molar-refractivity contribution in [2.45, 2.75) is 39.0 Å². The van der Waals surface area contributed by atoms with Gasteiger partial charge >= 0.3 is 0 Å². The predicted octanol–water partition coefficient (Wildman–Crippen LogP) is 0.782. The Hall–Kier alpha value is -1.76. The second kappa shape index (κ2) is 6.56. The fraction of sp³-hybridized carbons (Fsp3) is 0.733. The van der Waals surface area contributed by atoms with Crippen LogP contribution in [0.15, 0.2) is 4.52 Å². The standard InChI is InChI=1S/C15H22N4O3/c1-11-16-13(17-22-11)9-12-3-2-6-18(10-12)7-8-19-14(20)4-5-15(19)21/h12H,2-10H2,1H3. The maximum Gasteiger partial charge on any atom is 0.229 e. The van der Waals surface area contributed by atoms with Crippen LogP contribution < -0.4 is 0 Å². The molecule has 3 heterocycles. The molecule has 0 spiro atoms. The van der Waals surface area contributed by atoms with E-state index in [-0.39, 0.29) is 11.8 Å². The molecule has 7 heteroatoms. The first kappa shape index (κ1) is 15.1. The van der Waals surface area contributed by atoms with Gasteiger partial charge in [-0.1, -0.05) is 5.16 Å². The number of piperidine rings is 1. The second-order valence-corrected chi connectivity index (χ2v) is 6.18. The number of hydrogen-bond acceptors (Lipinski definition) is 6. The van der Waals surface area contributed by atoms with E-state index in [9.17, 15) is 9.59 Å². The molecule has 7 nitrogen and oxygen atoms in total. The number of aryl methyl sites for hydroxylation is 1. The van der Waals surface area contributed by atoms with Crippen molar-refractivity contribution >= 4 is 11.8 Å². The third-order valence-electron chi connectivity index (χ3n) is 4.44. The number of hydrogen-bond donors (Lipinski definition) is 0. The topological polar surface area (TPSA) is 79.5 Å². The first-order chi connectivity index (χ1) is 10.6. The lowest BCUT2D eigenvalue weighted by molar-refractivity contribution is -0.138. The van der Waals surface area contributed by atoms with Crippen LogP contribution in [-0.4, -0.2) is 57.9 Å². The monoisotopic (exact) mass is 306 g/mol. The third-order valence-corrected chi connectivity index (χ3v) is 4.44. The molecular weight excluding hydrogens is 284 g/mol. The van der Waals surface area contributed by atoms with Gasteiger partial charge in [0.25, 0.3) is 0 Å². The van der Waals surface area contributed by atoms with Crippen molar-refractivity contribution in [1.82, 2.24) is 19.9 Å². The van der Waals surface area contributed by atoms with Crippen molar-refractivity contribution in [3.8, 4) is 0 Å². The van der Waals surface area contributed by atoms with Crippen molar-refractivity contribution in [2.24, 2.45) is 5.92 Å². The largest absolute Gasteiger partial charge is 0.340 e. The molecule has 2 saturated heterocycles. The van der Waals surface area contributed by atoms with E-state index in [1.165, 1.54) is 4.90 Å². The second-order valence-electron chi connectivity index (χ2n) is 6.18. The van der Waals surface area contributed by atoms with Crippen molar-refractivity contribution in [1.29, 1.82) is 0 Å². The van der Waals surface area contributed by atoms with Gasteiger partial charge in [-0.3, -0.25) is 14.5 Å². The fourth-order valence-electron chi connectivity index (χ4n) is 3.32. The summed E-state index contributed by atoms with van der Waals surface area (Å²) in [6.07, 6.45) is 3.86. The molecule has 120 valence electrons. The van der Waals surface area contributed by atoms with Gasteiger partial charge in [0.15, 0.2) is 5.82 Å². The molecule has 22 heavy (non-hydrogen) atoms. The molecule has 2 aliphatic rings. The van der Waals surface area contributed by atoms with Crippen LogP contribution >= 0.6 is 0 Å². The molecule has 2 fully saturated rings. The molecule has 2 aliphatic heterocycles. The summed E-state index contributed by atoms with van der Waals surface area (Å²) >= 11 is 0. The molecule has 0 saturated carbocycles. The van der Waals surface area contributed by atoms with Gasteiger partial charge in [-0.2, -0.15) is 4.98 Å². The highest BCUT2D eigenvalue weighted by Crippen LogP contribution is 2.20. The van der Waals surface area contributed by atoms with Gasteiger partial charge in [-0.15, -0.1) is 0 Å². The number of aromatic nitrogens is 2. The van der Waals surface area contributed by atoms with Gasteiger partial charge in [0.05, 0.1) is 0 Å². The number of carbonyl (C=O) groups excluding carboxylic acids is 2. The molecule has 0 radical (unpaired) electrons. The van der Waals surface area contributed by atoms with Gasteiger partial charge in [-0.05, 0) is 25.3 Å². The Morgan fingerprint density at radius 2 is 2.00 bits per heavy atom. The summed E-state index contributed by atoms with van der Waals surface area (Å²) in [5.41, 5.74) is 0. The van der Waals surface area contributed by atoms with Crippen molar-refractivity contribution in [3.05, 3.63) is 11.7 Å². The lowest BCUT2D eigenvalue weighted by atomic mass is 9.94. The first-order valence-electron chi connectivity index (χ1n) is 7.96. The lowest BCUT2D eigenvalue weighted by Crippen LogP contribution is -2.42. The summed E-state index contributed by atoms with van der Waals surface area (Å²) in [6, 6.07) is 0. The first-order valence-corrected chi connectivity index (χ1v) is 7.96. The highest BCUT2D eigenvalue weighted by molar-refractivity contribution is 6.01. The molecule has 1 aromatic rings. The Balaban J connectivity index is 1.48. The molecule has 1 atom stereocenters. The molecule has 1 unspecified atom stereocenters. The van der Waals surface area contributed by atoms with Crippen LogP contribution in [0.2, 0.25) is 0 Å². The summed E-state index contributed by atoms with van der Waals surface area (Å²) in [5, 5.41) is 3.96. The number of likely N-dealkylation sites (tertiary alicyclic amines) is 2. The van der Waals surface area contributed by atoms with E-state index in [2.05, 4.69) is 15.0 Å². The van der Waals surface area contributed by atoms with Crippen molar-refractivity contribution < 1.29 is 14.1 Å². The van der Waals surface area contributed by atoms with Gasteiger partial charge < -0.3 is 9.42 Å². The van der Waals surface area contributed by atoms with Crippen LogP contribution in [0.5, 0.6) is 0 Å². The van der Waals surface area contributed by atoms with Gasteiger partial charge in [0, 0.05) is 45.8 Å². The zero-order valence-electron chi connectivity index (χ0n) is 13.0. The SMILES string of the molecule is Cc1nc(CC2CCCN(CCN3C(=O)CCC3=O)C2)no1. The number of carbonyl (C=O) groups is 2. The highest BCUT2D eigenvalue weighted by Gasteiger charge is 2.29. The van der Waals surface area contributed by atoms with Gasteiger partial charge in [0.2, 0.25) is 17.7 Å². The van der Waals surface area contributed by atoms with Crippen molar-refractivity contribution in [2.75, 3.05) is 26.2 Å². The molecule has 0 aromatic carbocycles. The fourth-order valence-corrected chi connectivity index (χ4v) is 3.32. The zero-order valence-corrected chi connectivity index (χ0v) is 13.0.